The van der Waals surface area contributed by atoms with Gasteiger partial charge in [0.1, 0.15) is 23.4 Å². The van der Waals surface area contributed by atoms with Crippen LogP contribution < -0.4 is 9.47 Å². The maximum atomic E-state index is 12.2. The molecule has 28 heavy (non-hydrogen) atoms. The predicted molar refractivity (Wildman–Crippen MR) is 94.9 cm³/mol. The summed E-state index contributed by atoms with van der Waals surface area (Å²) in [6.07, 6.45) is -4.25. The highest BCUT2D eigenvalue weighted by molar-refractivity contribution is 5.64. The third-order valence-corrected chi connectivity index (χ3v) is 3.78. The van der Waals surface area contributed by atoms with E-state index in [1.807, 2.05) is 0 Å². The van der Waals surface area contributed by atoms with Crippen molar-refractivity contribution in [1.82, 2.24) is 4.98 Å². The Labute approximate surface area is 158 Å². The van der Waals surface area contributed by atoms with Crippen molar-refractivity contribution >= 4 is 0 Å². The smallest absolute Gasteiger partial charge is 0.457 e. The number of hydrogen-bond acceptors (Lipinski definition) is 5. The van der Waals surface area contributed by atoms with E-state index in [9.17, 15) is 18.3 Å². The van der Waals surface area contributed by atoms with Crippen LogP contribution in [-0.4, -0.2) is 28.2 Å². The zero-order valence-electron chi connectivity index (χ0n) is 14.4. The molecule has 0 fully saturated rings. The molecule has 0 spiro atoms. The van der Waals surface area contributed by atoms with Gasteiger partial charge in [-0.05, 0) is 59.7 Å². The van der Waals surface area contributed by atoms with Gasteiger partial charge in [-0.15, -0.1) is 13.2 Å². The van der Waals surface area contributed by atoms with Gasteiger partial charge in [0.15, 0.2) is 0 Å². The summed E-state index contributed by atoms with van der Waals surface area (Å²) in [6, 6.07) is 15.5. The Morgan fingerprint density at radius 2 is 1.43 bits per heavy atom. The molecule has 8 heteroatoms. The molecule has 1 aromatic heterocycles. The number of pyridine rings is 1. The number of aliphatic hydroxyl groups is 2. The fourth-order valence-electron chi connectivity index (χ4n) is 2.46. The molecule has 0 bridgehead atoms. The third kappa shape index (κ3) is 5.21. The summed E-state index contributed by atoms with van der Waals surface area (Å²) in [4.78, 5) is 4.02. The number of aliphatic hydroxyl groups excluding tert-OH is 2. The van der Waals surface area contributed by atoms with E-state index in [0.29, 0.717) is 17.2 Å². The van der Waals surface area contributed by atoms with Crippen LogP contribution in [0.15, 0.2) is 66.9 Å². The van der Waals surface area contributed by atoms with Crippen LogP contribution in [0.1, 0.15) is 11.8 Å². The van der Waals surface area contributed by atoms with Gasteiger partial charge in [0.2, 0.25) is 0 Å². The van der Waals surface area contributed by atoms with Gasteiger partial charge in [-0.25, -0.2) is 0 Å². The van der Waals surface area contributed by atoms with Crippen molar-refractivity contribution in [2.45, 2.75) is 12.5 Å². The molecular weight excluding hydrogens is 375 g/mol. The van der Waals surface area contributed by atoms with Crippen molar-refractivity contribution in [3.63, 3.8) is 0 Å². The molecule has 146 valence electrons. The first-order chi connectivity index (χ1) is 13.3. The van der Waals surface area contributed by atoms with Gasteiger partial charge in [-0.3, -0.25) is 4.98 Å². The van der Waals surface area contributed by atoms with E-state index in [0.717, 1.165) is 11.1 Å². The summed E-state index contributed by atoms with van der Waals surface area (Å²) in [7, 11) is 0. The van der Waals surface area contributed by atoms with Crippen LogP contribution in [0.4, 0.5) is 13.2 Å². The highest BCUT2D eigenvalue weighted by Gasteiger charge is 2.30. The summed E-state index contributed by atoms with van der Waals surface area (Å²) in [6.45, 7) is -0.421. The predicted octanol–water partition coefficient (Wildman–Crippen LogP) is 4.47. The van der Waals surface area contributed by atoms with Crippen molar-refractivity contribution in [3.8, 4) is 28.4 Å². The fourth-order valence-corrected chi connectivity index (χ4v) is 2.46. The highest BCUT2D eigenvalue weighted by atomic mass is 19.4. The number of nitrogens with zero attached hydrogens (tertiary/aromatic N) is 1. The van der Waals surface area contributed by atoms with E-state index >= 15 is 0 Å². The van der Waals surface area contributed by atoms with Crippen LogP contribution in [0.2, 0.25) is 0 Å². The first-order valence-electron chi connectivity index (χ1n) is 8.23. The minimum atomic E-state index is -4.74. The molecule has 0 saturated heterocycles. The number of aromatic nitrogens is 1. The number of hydrogen-bond donors (Lipinski definition) is 2. The Balaban J connectivity index is 1.69. The van der Waals surface area contributed by atoms with Gasteiger partial charge >= 0.3 is 6.36 Å². The van der Waals surface area contributed by atoms with E-state index < -0.39 is 19.1 Å². The molecule has 3 aromatic rings. The van der Waals surface area contributed by atoms with Crippen molar-refractivity contribution < 1.29 is 32.9 Å². The van der Waals surface area contributed by atoms with Crippen molar-refractivity contribution in [2.24, 2.45) is 0 Å². The zero-order valence-corrected chi connectivity index (χ0v) is 14.4. The number of benzene rings is 2. The lowest BCUT2D eigenvalue weighted by atomic mass is 10.0. The van der Waals surface area contributed by atoms with Crippen LogP contribution in [0.25, 0.3) is 11.1 Å². The number of rotatable bonds is 6. The van der Waals surface area contributed by atoms with Crippen molar-refractivity contribution in [2.75, 3.05) is 6.61 Å². The van der Waals surface area contributed by atoms with Crippen LogP contribution in [0, 0.1) is 0 Å². The summed E-state index contributed by atoms with van der Waals surface area (Å²) in [5.41, 5.74) is 2.01. The van der Waals surface area contributed by atoms with E-state index in [1.54, 1.807) is 42.6 Å². The molecule has 3 rings (SSSR count). The van der Waals surface area contributed by atoms with Crippen molar-refractivity contribution in [1.29, 1.82) is 0 Å². The minimum absolute atomic E-state index is 0.325. The molecule has 2 aromatic carbocycles. The average molecular weight is 391 g/mol. The summed E-state index contributed by atoms with van der Waals surface area (Å²) < 4.78 is 45.9. The largest absolute Gasteiger partial charge is 0.573 e. The molecule has 2 N–H and O–H groups in total. The van der Waals surface area contributed by atoms with Crippen LogP contribution in [0.3, 0.4) is 0 Å². The lowest BCUT2D eigenvalue weighted by molar-refractivity contribution is -0.274. The molecular formula is C20H16F3NO4. The van der Waals surface area contributed by atoms with E-state index in [2.05, 4.69) is 9.72 Å². The number of halogens is 3. The Bertz CT molecular complexity index is 912. The SMILES string of the molecule is OC[C@H](O)c1cc(-c2ccc(Oc3ccc(OC(F)(F)F)cc3)cc2)ccn1. The Morgan fingerprint density at radius 1 is 0.857 bits per heavy atom. The van der Waals surface area contributed by atoms with Gasteiger partial charge in [-0.1, -0.05) is 12.1 Å². The van der Waals surface area contributed by atoms with Gasteiger partial charge in [0.05, 0.1) is 12.3 Å². The molecule has 0 aliphatic rings. The van der Waals surface area contributed by atoms with E-state index in [1.165, 1.54) is 24.3 Å². The lowest BCUT2D eigenvalue weighted by Gasteiger charge is -2.11. The quantitative estimate of drug-likeness (QED) is 0.649. The topological polar surface area (TPSA) is 71.8 Å². The maximum absolute atomic E-state index is 12.2. The summed E-state index contributed by atoms with van der Waals surface area (Å²) in [5.74, 6) is 0.534. The zero-order chi connectivity index (χ0) is 20.1. The van der Waals surface area contributed by atoms with Gasteiger partial charge in [0.25, 0.3) is 0 Å². The Morgan fingerprint density at radius 3 is 2.00 bits per heavy atom. The van der Waals surface area contributed by atoms with Gasteiger partial charge in [0, 0.05) is 6.20 Å². The van der Waals surface area contributed by atoms with Crippen LogP contribution in [-0.2, 0) is 0 Å². The number of ether oxygens (including phenoxy) is 2. The molecule has 0 unspecified atom stereocenters. The second kappa shape index (κ2) is 8.28. The lowest BCUT2D eigenvalue weighted by Crippen LogP contribution is -2.16. The van der Waals surface area contributed by atoms with E-state index in [-0.39, 0.29) is 5.75 Å². The van der Waals surface area contributed by atoms with Crippen LogP contribution in [0.5, 0.6) is 17.2 Å². The molecule has 1 atom stereocenters. The van der Waals surface area contributed by atoms with Crippen molar-refractivity contribution in [3.05, 3.63) is 72.6 Å². The van der Waals surface area contributed by atoms with E-state index in [4.69, 9.17) is 9.84 Å². The second-order valence-electron chi connectivity index (χ2n) is 5.81. The normalized spacial score (nSPS) is 12.5. The fraction of sp³-hybridized carbons (Fsp3) is 0.150. The van der Waals surface area contributed by atoms with Crippen LogP contribution >= 0.6 is 0 Å². The van der Waals surface area contributed by atoms with Gasteiger partial charge < -0.3 is 19.7 Å². The Hall–Kier alpha value is -3.10. The van der Waals surface area contributed by atoms with Gasteiger partial charge in [-0.2, -0.15) is 0 Å². The summed E-state index contributed by atoms with van der Waals surface area (Å²) >= 11 is 0. The first-order valence-corrected chi connectivity index (χ1v) is 8.23. The minimum Gasteiger partial charge on any atom is -0.457 e. The molecule has 0 aliphatic carbocycles. The second-order valence-corrected chi connectivity index (χ2v) is 5.81. The molecule has 5 nitrogen and oxygen atoms in total. The molecule has 0 radical (unpaired) electrons. The summed E-state index contributed by atoms with van der Waals surface area (Å²) in [5, 5.41) is 18.7. The molecule has 0 amide bonds. The molecule has 0 aliphatic heterocycles. The molecule has 0 saturated carbocycles. The average Bonchev–Trinajstić information content (AvgIpc) is 2.68. The number of alkyl halides is 3. The highest BCUT2D eigenvalue weighted by Crippen LogP contribution is 2.29. The first kappa shape index (κ1) is 19.7. The standard InChI is InChI=1S/C20H16F3NO4/c21-20(22,23)28-17-7-5-16(6-8-17)27-15-3-1-13(2-4-15)14-9-10-24-18(11-14)19(26)12-25/h1-11,19,25-26H,12H2/t19-/m0/s1. The maximum Gasteiger partial charge on any atom is 0.573 e. The monoisotopic (exact) mass is 391 g/mol. The molecule has 1 heterocycles. The Kier molecular flexibility index (Phi) is 5.81. The third-order valence-electron chi connectivity index (χ3n) is 3.78.